The van der Waals surface area contributed by atoms with E-state index in [1.54, 1.807) is 0 Å². The number of imidazole rings is 1. The molecule has 3 heteroatoms. The van der Waals surface area contributed by atoms with Crippen molar-refractivity contribution < 1.29 is 0 Å². The Kier molecular flexibility index (Phi) is 3.88. The fourth-order valence-corrected chi connectivity index (χ4v) is 3.11. The van der Waals surface area contributed by atoms with Gasteiger partial charge in [0.05, 0.1) is 11.4 Å². The number of aromatic nitrogens is 2. The maximum absolute atomic E-state index is 4.74. The highest BCUT2D eigenvalue weighted by Gasteiger charge is 2.10. The molecule has 0 aliphatic carbocycles. The number of rotatable bonds is 4. The number of fused-ring (bicyclic) bond motifs is 1. The average Bonchev–Trinajstić information content (AvgIpc) is 2.82. The molecule has 0 aliphatic rings. The number of hydrogen-bond donors (Lipinski definition) is 1. The van der Waals surface area contributed by atoms with Crippen molar-refractivity contribution in [3.8, 4) is 0 Å². The predicted molar refractivity (Wildman–Crippen MR) is 92.5 cm³/mol. The van der Waals surface area contributed by atoms with Crippen LogP contribution >= 0.6 is 0 Å². The van der Waals surface area contributed by atoms with Gasteiger partial charge in [0, 0.05) is 18.4 Å². The highest BCUT2D eigenvalue weighted by molar-refractivity contribution is 5.68. The van der Waals surface area contributed by atoms with E-state index in [4.69, 9.17) is 4.98 Å². The molecule has 2 aromatic heterocycles. The minimum atomic E-state index is 0.825. The maximum atomic E-state index is 4.74. The highest BCUT2D eigenvalue weighted by Crippen LogP contribution is 2.22. The van der Waals surface area contributed by atoms with Crippen molar-refractivity contribution >= 4 is 11.3 Å². The van der Waals surface area contributed by atoms with Gasteiger partial charge in [-0.05, 0) is 56.0 Å². The van der Waals surface area contributed by atoms with E-state index in [0.29, 0.717) is 0 Å². The third kappa shape index (κ3) is 2.47. The zero-order chi connectivity index (χ0) is 15.7. The van der Waals surface area contributed by atoms with Crippen LogP contribution in [0.15, 0.2) is 36.5 Å². The SMILES string of the molecule is CCc1c(C)nc2c(NCc3c(C)cccc3C)cccn12. The fraction of sp³-hybridized carbons (Fsp3) is 0.316. The lowest BCUT2D eigenvalue weighted by Gasteiger charge is -2.12. The van der Waals surface area contributed by atoms with Gasteiger partial charge in [0.15, 0.2) is 5.65 Å². The highest BCUT2D eigenvalue weighted by atomic mass is 15.1. The molecule has 2 heterocycles. The standard InChI is InChI=1S/C19H23N3/c1-5-18-15(4)21-19-17(10-7-11-22(18)19)20-12-16-13(2)8-6-9-14(16)3/h6-11,20H,5,12H2,1-4H3. The van der Waals surface area contributed by atoms with Crippen LogP contribution in [0.25, 0.3) is 5.65 Å². The summed E-state index contributed by atoms with van der Waals surface area (Å²) in [5.74, 6) is 0. The Labute approximate surface area is 132 Å². The van der Waals surface area contributed by atoms with Crippen LogP contribution < -0.4 is 5.32 Å². The van der Waals surface area contributed by atoms with Crippen molar-refractivity contribution in [2.45, 2.75) is 40.7 Å². The van der Waals surface area contributed by atoms with Crippen molar-refractivity contribution in [1.82, 2.24) is 9.38 Å². The number of benzene rings is 1. The molecule has 1 N–H and O–H groups in total. The molecule has 0 spiro atoms. The summed E-state index contributed by atoms with van der Waals surface area (Å²) in [7, 11) is 0. The molecule has 0 aliphatic heterocycles. The molecule has 22 heavy (non-hydrogen) atoms. The molecular weight excluding hydrogens is 270 g/mol. The summed E-state index contributed by atoms with van der Waals surface area (Å²) in [5, 5.41) is 3.57. The summed E-state index contributed by atoms with van der Waals surface area (Å²) < 4.78 is 2.20. The second-order valence-electron chi connectivity index (χ2n) is 5.84. The molecule has 114 valence electrons. The lowest BCUT2D eigenvalue weighted by atomic mass is 10.0. The molecule has 3 rings (SSSR count). The van der Waals surface area contributed by atoms with Crippen LogP contribution in [0, 0.1) is 20.8 Å². The molecule has 0 saturated carbocycles. The first-order valence-electron chi connectivity index (χ1n) is 7.87. The second kappa shape index (κ2) is 5.84. The van der Waals surface area contributed by atoms with Crippen molar-refractivity contribution in [1.29, 1.82) is 0 Å². The summed E-state index contributed by atoms with van der Waals surface area (Å²) in [6, 6.07) is 10.6. The summed E-state index contributed by atoms with van der Waals surface area (Å²) in [5.41, 5.74) is 8.52. The van der Waals surface area contributed by atoms with Crippen molar-refractivity contribution in [3.05, 3.63) is 64.6 Å². The van der Waals surface area contributed by atoms with Gasteiger partial charge in [0.25, 0.3) is 0 Å². The molecule has 1 aromatic carbocycles. The van der Waals surface area contributed by atoms with Crippen molar-refractivity contribution in [3.63, 3.8) is 0 Å². The van der Waals surface area contributed by atoms with E-state index < -0.39 is 0 Å². The third-order valence-corrected chi connectivity index (χ3v) is 4.38. The van der Waals surface area contributed by atoms with Gasteiger partial charge in [0.2, 0.25) is 0 Å². The van der Waals surface area contributed by atoms with Gasteiger partial charge in [-0.3, -0.25) is 0 Å². The van der Waals surface area contributed by atoms with Gasteiger partial charge in [-0.1, -0.05) is 25.1 Å². The Balaban J connectivity index is 1.95. The van der Waals surface area contributed by atoms with Gasteiger partial charge in [-0.25, -0.2) is 4.98 Å². The Bertz CT molecular complexity index is 795. The van der Waals surface area contributed by atoms with Gasteiger partial charge in [0.1, 0.15) is 0 Å². The van der Waals surface area contributed by atoms with Gasteiger partial charge >= 0.3 is 0 Å². The topological polar surface area (TPSA) is 29.3 Å². The van der Waals surface area contributed by atoms with E-state index >= 15 is 0 Å². The lowest BCUT2D eigenvalue weighted by Crippen LogP contribution is -2.05. The van der Waals surface area contributed by atoms with E-state index in [-0.39, 0.29) is 0 Å². The fourth-order valence-electron chi connectivity index (χ4n) is 3.11. The molecule has 3 nitrogen and oxygen atoms in total. The van der Waals surface area contributed by atoms with E-state index in [1.165, 1.54) is 22.4 Å². The maximum Gasteiger partial charge on any atom is 0.160 e. The first-order chi connectivity index (χ1) is 10.6. The van der Waals surface area contributed by atoms with E-state index in [1.807, 2.05) is 0 Å². The number of pyridine rings is 1. The Morgan fingerprint density at radius 2 is 1.77 bits per heavy atom. The van der Waals surface area contributed by atoms with Crippen molar-refractivity contribution in [2.24, 2.45) is 0 Å². The predicted octanol–water partition coefficient (Wildman–Crippen LogP) is 4.43. The smallest absolute Gasteiger partial charge is 0.160 e. The van der Waals surface area contributed by atoms with Crippen LogP contribution in [0.2, 0.25) is 0 Å². The van der Waals surface area contributed by atoms with Crippen LogP contribution in [0.1, 0.15) is 35.0 Å². The normalized spacial score (nSPS) is 11.1. The number of nitrogens with one attached hydrogen (secondary N) is 1. The summed E-state index contributed by atoms with van der Waals surface area (Å²) in [6.45, 7) is 9.42. The molecule has 0 unspecified atom stereocenters. The lowest BCUT2D eigenvalue weighted by molar-refractivity contribution is 0.976. The molecule has 0 radical (unpaired) electrons. The minimum absolute atomic E-state index is 0.825. The number of nitrogens with zero attached hydrogens (tertiary/aromatic N) is 2. The first-order valence-corrected chi connectivity index (χ1v) is 7.87. The largest absolute Gasteiger partial charge is 0.378 e. The van der Waals surface area contributed by atoms with Crippen LogP contribution in [-0.4, -0.2) is 9.38 Å². The van der Waals surface area contributed by atoms with Crippen LogP contribution in [0.5, 0.6) is 0 Å². The summed E-state index contributed by atoms with van der Waals surface area (Å²) in [4.78, 5) is 4.74. The Hall–Kier alpha value is -2.29. The minimum Gasteiger partial charge on any atom is -0.378 e. The van der Waals surface area contributed by atoms with E-state index in [0.717, 1.165) is 30.0 Å². The quantitative estimate of drug-likeness (QED) is 0.771. The molecule has 0 amide bonds. The Morgan fingerprint density at radius 3 is 2.45 bits per heavy atom. The van der Waals surface area contributed by atoms with E-state index in [9.17, 15) is 0 Å². The zero-order valence-corrected chi connectivity index (χ0v) is 13.8. The van der Waals surface area contributed by atoms with Crippen molar-refractivity contribution in [2.75, 3.05) is 5.32 Å². The molecular formula is C19H23N3. The first kappa shape index (κ1) is 14.6. The van der Waals surface area contributed by atoms with Crippen LogP contribution in [-0.2, 0) is 13.0 Å². The molecule has 3 aromatic rings. The number of hydrogen-bond acceptors (Lipinski definition) is 2. The van der Waals surface area contributed by atoms with Gasteiger partial charge in [-0.15, -0.1) is 0 Å². The van der Waals surface area contributed by atoms with Crippen LogP contribution in [0.3, 0.4) is 0 Å². The monoisotopic (exact) mass is 293 g/mol. The third-order valence-electron chi connectivity index (χ3n) is 4.38. The molecule has 0 saturated heterocycles. The number of anilines is 1. The van der Waals surface area contributed by atoms with E-state index in [2.05, 4.69) is 73.9 Å². The molecule has 0 atom stereocenters. The van der Waals surface area contributed by atoms with Gasteiger partial charge in [-0.2, -0.15) is 0 Å². The van der Waals surface area contributed by atoms with Gasteiger partial charge < -0.3 is 9.72 Å². The van der Waals surface area contributed by atoms with Crippen LogP contribution in [0.4, 0.5) is 5.69 Å². The molecule has 0 bridgehead atoms. The summed E-state index contributed by atoms with van der Waals surface area (Å²) in [6.07, 6.45) is 3.09. The molecule has 0 fully saturated rings. The average molecular weight is 293 g/mol. The Morgan fingerprint density at radius 1 is 1.05 bits per heavy atom. The second-order valence-corrected chi connectivity index (χ2v) is 5.84. The number of aryl methyl sites for hydroxylation is 4. The zero-order valence-electron chi connectivity index (χ0n) is 13.8. The summed E-state index contributed by atoms with van der Waals surface area (Å²) >= 11 is 0.